The minimum absolute atomic E-state index is 0.0181. The number of aromatic nitrogens is 1. The van der Waals surface area contributed by atoms with E-state index >= 15 is 0 Å². The summed E-state index contributed by atoms with van der Waals surface area (Å²) in [5.41, 5.74) is 1.03. The van der Waals surface area contributed by atoms with Crippen molar-refractivity contribution < 1.29 is 18.0 Å². The fourth-order valence-electron chi connectivity index (χ4n) is 4.49. The molecule has 9 nitrogen and oxygen atoms in total. The van der Waals surface area contributed by atoms with Gasteiger partial charge in [0.1, 0.15) is 0 Å². The van der Waals surface area contributed by atoms with Crippen LogP contribution in [-0.4, -0.2) is 92.3 Å². The van der Waals surface area contributed by atoms with E-state index in [1.165, 1.54) is 34.8 Å². The smallest absolute Gasteiger partial charge is 0.282 e. The molecule has 0 aliphatic carbocycles. The molecule has 5 rings (SSSR count). The molecule has 2 aliphatic heterocycles. The molecule has 0 bridgehead atoms. The molecule has 1 aromatic heterocycles. The highest BCUT2D eigenvalue weighted by Crippen LogP contribution is 2.24. The fraction of sp³-hybridized carbons (Fsp3) is 0.320. The summed E-state index contributed by atoms with van der Waals surface area (Å²) in [5, 5.41) is 2.33. The summed E-state index contributed by atoms with van der Waals surface area (Å²) in [4.78, 5) is 35.6. The number of carbonyl (C=O) groups is 2. The Labute approximate surface area is 214 Å². The Morgan fingerprint density at radius 3 is 2.19 bits per heavy atom. The number of rotatable bonds is 6. The third kappa shape index (κ3) is 4.73. The lowest BCUT2D eigenvalue weighted by atomic mass is 10.0. The minimum Gasteiger partial charge on any atom is -0.335 e. The van der Waals surface area contributed by atoms with E-state index in [9.17, 15) is 18.0 Å². The number of amides is 2. The first-order valence-electron chi connectivity index (χ1n) is 11.7. The molecule has 0 atom stereocenters. The monoisotopic (exact) mass is 525 g/mol. The zero-order valence-electron chi connectivity index (χ0n) is 19.9. The summed E-state index contributed by atoms with van der Waals surface area (Å²) in [6.45, 7) is 4.08. The number of sulfonamides is 1. The van der Waals surface area contributed by atoms with Crippen molar-refractivity contribution in [1.82, 2.24) is 19.7 Å². The van der Waals surface area contributed by atoms with Gasteiger partial charge in [0, 0.05) is 69.5 Å². The van der Waals surface area contributed by atoms with E-state index in [4.69, 9.17) is 0 Å². The molecule has 11 heteroatoms. The molecule has 0 saturated carbocycles. The molecule has 2 fully saturated rings. The number of para-hydroxylation sites is 1. The molecular formula is C25H27N5O4S2. The normalized spacial score (nSPS) is 17.0. The first-order chi connectivity index (χ1) is 17.3. The van der Waals surface area contributed by atoms with Gasteiger partial charge in [0.2, 0.25) is 0 Å². The van der Waals surface area contributed by atoms with Gasteiger partial charge in [0.05, 0.1) is 10.6 Å². The van der Waals surface area contributed by atoms with Crippen molar-refractivity contribution >= 4 is 38.9 Å². The number of likely N-dealkylation sites (tertiary alicyclic amines) is 1. The van der Waals surface area contributed by atoms with Crippen molar-refractivity contribution in [3.63, 3.8) is 0 Å². The summed E-state index contributed by atoms with van der Waals surface area (Å²) in [5.74, 6) is -0.125. The first-order valence-corrected chi connectivity index (χ1v) is 14.0. The Hall–Kier alpha value is -3.28. The highest BCUT2D eigenvalue weighted by atomic mass is 32.2. The third-order valence-electron chi connectivity index (χ3n) is 6.76. The average molecular weight is 526 g/mol. The first kappa shape index (κ1) is 24.4. The molecule has 188 valence electrons. The van der Waals surface area contributed by atoms with Gasteiger partial charge in [0.25, 0.3) is 21.8 Å². The number of thiazole rings is 1. The molecule has 0 unspecified atom stereocenters. The SMILES string of the molecule is CN(c1ccccc1)S(=O)(=O)c1ccc(C(=O)N2CC(N3CCN(C(=O)c4nccs4)CC3)C2)cc1. The van der Waals surface area contributed by atoms with Crippen molar-refractivity contribution in [3.8, 4) is 0 Å². The molecule has 36 heavy (non-hydrogen) atoms. The van der Waals surface area contributed by atoms with E-state index < -0.39 is 10.0 Å². The van der Waals surface area contributed by atoms with Crippen molar-refractivity contribution in [2.45, 2.75) is 10.9 Å². The Kier molecular flexibility index (Phi) is 6.78. The predicted molar refractivity (Wildman–Crippen MR) is 138 cm³/mol. The molecular weight excluding hydrogens is 498 g/mol. The molecule has 2 aliphatic rings. The molecule has 0 spiro atoms. The minimum atomic E-state index is -3.72. The van der Waals surface area contributed by atoms with Crippen LogP contribution in [0, 0.1) is 0 Å². The van der Waals surface area contributed by atoms with Crippen LogP contribution in [-0.2, 0) is 10.0 Å². The van der Waals surface area contributed by atoms with E-state index in [1.54, 1.807) is 52.9 Å². The van der Waals surface area contributed by atoms with E-state index in [1.807, 2.05) is 11.0 Å². The van der Waals surface area contributed by atoms with Crippen LogP contribution in [0.1, 0.15) is 20.2 Å². The van der Waals surface area contributed by atoms with Gasteiger partial charge in [-0.3, -0.25) is 18.8 Å². The summed E-state index contributed by atoms with van der Waals surface area (Å²) in [6, 6.07) is 15.2. The van der Waals surface area contributed by atoms with Crippen LogP contribution in [0.15, 0.2) is 71.1 Å². The van der Waals surface area contributed by atoms with Crippen LogP contribution in [0.2, 0.25) is 0 Å². The number of benzene rings is 2. The lowest BCUT2D eigenvalue weighted by molar-refractivity contribution is 0.00852. The highest BCUT2D eigenvalue weighted by molar-refractivity contribution is 7.92. The summed E-state index contributed by atoms with van der Waals surface area (Å²) >= 11 is 1.36. The van der Waals surface area contributed by atoms with E-state index in [0.717, 1.165) is 13.1 Å². The standard InChI is InChI=1S/C25H27N5O4S2/c1-27(20-5-3-2-4-6-20)36(33,34)22-9-7-19(8-10-22)24(31)30-17-21(18-30)28-12-14-29(15-13-28)25(32)23-26-11-16-35-23/h2-11,16,21H,12-15,17-18H2,1H3. The van der Waals surface area contributed by atoms with Crippen LogP contribution in [0.4, 0.5) is 5.69 Å². The van der Waals surface area contributed by atoms with Crippen LogP contribution >= 0.6 is 11.3 Å². The van der Waals surface area contributed by atoms with E-state index in [0.29, 0.717) is 42.4 Å². The lowest BCUT2D eigenvalue weighted by Crippen LogP contribution is -2.64. The Balaban J connectivity index is 1.14. The van der Waals surface area contributed by atoms with Gasteiger partial charge in [-0.15, -0.1) is 11.3 Å². The molecule has 2 amide bonds. The molecule has 0 N–H and O–H groups in total. The van der Waals surface area contributed by atoms with E-state index in [2.05, 4.69) is 9.88 Å². The fourth-order valence-corrected chi connectivity index (χ4v) is 6.29. The number of hydrogen-bond donors (Lipinski definition) is 0. The number of anilines is 1. The summed E-state index contributed by atoms with van der Waals surface area (Å²) in [7, 11) is -2.21. The zero-order valence-corrected chi connectivity index (χ0v) is 21.5. The Morgan fingerprint density at radius 2 is 1.58 bits per heavy atom. The molecule has 2 saturated heterocycles. The van der Waals surface area contributed by atoms with Gasteiger partial charge in [-0.25, -0.2) is 13.4 Å². The summed E-state index contributed by atoms with van der Waals surface area (Å²) < 4.78 is 27.2. The maximum atomic E-state index is 13.0. The topological polar surface area (TPSA) is 94.1 Å². The van der Waals surface area contributed by atoms with Gasteiger partial charge in [-0.2, -0.15) is 0 Å². The number of nitrogens with zero attached hydrogens (tertiary/aromatic N) is 5. The Morgan fingerprint density at radius 1 is 0.917 bits per heavy atom. The number of hydrogen-bond acceptors (Lipinski definition) is 7. The quantitative estimate of drug-likeness (QED) is 0.490. The number of piperazine rings is 1. The Bertz CT molecular complexity index is 1320. The van der Waals surface area contributed by atoms with Crippen molar-refractivity contribution in [2.24, 2.45) is 0 Å². The van der Waals surface area contributed by atoms with Crippen LogP contribution in [0.5, 0.6) is 0 Å². The van der Waals surface area contributed by atoms with Gasteiger partial charge < -0.3 is 9.80 Å². The summed E-state index contributed by atoms with van der Waals surface area (Å²) in [6.07, 6.45) is 1.64. The van der Waals surface area contributed by atoms with Crippen molar-refractivity contribution in [2.75, 3.05) is 50.6 Å². The maximum absolute atomic E-state index is 13.0. The molecule has 2 aromatic carbocycles. The largest absolute Gasteiger partial charge is 0.335 e. The van der Waals surface area contributed by atoms with Crippen molar-refractivity contribution in [3.05, 3.63) is 76.7 Å². The highest BCUT2D eigenvalue weighted by Gasteiger charge is 2.37. The van der Waals surface area contributed by atoms with Gasteiger partial charge in [-0.1, -0.05) is 18.2 Å². The van der Waals surface area contributed by atoms with Crippen LogP contribution in [0.3, 0.4) is 0 Å². The number of carbonyl (C=O) groups excluding carboxylic acids is 2. The maximum Gasteiger partial charge on any atom is 0.282 e. The second kappa shape index (κ2) is 10.00. The van der Waals surface area contributed by atoms with Crippen LogP contribution < -0.4 is 4.31 Å². The lowest BCUT2D eigenvalue weighted by Gasteiger charge is -2.48. The van der Waals surface area contributed by atoms with E-state index in [-0.39, 0.29) is 22.8 Å². The second-order valence-electron chi connectivity index (χ2n) is 8.86. The second-order valence-corrected chi connectivity index (χ2v) is 11.7. The molecule has 3 heterocycles. The van der Waals surface area contributed by atoms with Gasteiger partial charge in [-0.05, 0) is 36.4 Å². The van der Waals surface area contributed by atoms with Crippen molar-refractivity contribution in [1.29, 1.82) is 0 Å². The van der Waals surface area contributed by atoms with Crippen LogP contribution in [0.25, 0.3) is 0 Å². The average Bonchev–Trinajstić information content (AvgIpc) is 3.43. The van der Waals surface area contributed by atoms with Gasteiger partial charge >= 0.3 is 0 Å². The zero-order chi connectivity index (χ0) is 25.3. The predicted octanol–water partition coefficient (Wildman–Crippen LogP) is 2.25. The van der Waals surface area contributed by atoms with Gasteiger partial charge in [0.15, 0.2) is 5.01 Å². The molecule has 3 aromatic rings. The molecule has 0 radical (unpaired) electrons. The third-order valence-corrected chi connectivity index (χ3v) is 9.32.